The Labute approximate surface area is 182 Å². The van der Waals surface area contributed by atoms with Gasteiger partial charge in [-0.25, -0.2) is 4.39 Å². The minimum Gasteiger partial charge on any atom is -0.467 e. The Kier molecular flexibility index (Phi) is 8.61. The summed E-state index contributed by atoms with van der Waals surface area (Å²) in [6.07, 6.45) is 1.90. The van der Waals surface area contributed by atoms with Gasteiger partial charge in [0, 0.05) is 39.1 Å². The minimum absolute atomic E-state index is 0.00107. The topological polar surface area (TPSA) is 66.2 Å². The van der Waals surface area contributed by atoms with Crippen LogP contribution in [0.5, 0.6) is 0 Å². The lowest BCUT2D eigenvalue weighted by atomic mass is 10.2. The summed E-state index contributed by atoms with van der Waals surface area (Å²) in [7, 11) is 0. The van der Waals surface area contributed by atoms with Gasteiger partial charge in [-0.2, -0.15) is 0 Å². The second kappa shape index (κ2) is 11.6. The molecule has 1 saturated heterocycles. The molecule has 0 aliphatic carbocycles. The molecule has 31 heavy (non-hydrogen) atoms. The standard InChI is InChI=1S/C23H30FN3O4/c1-2-22(28)26(10-9-25-11-14-30-15-12-25)18-23(29)27(17-21-4-3-13-31-21)16-19-5-7-20(24)8-6-19/h3-8,13H,2,9-12,14-18H2,1H3. The maximum absolute atomic E-state index is 13.3. The van der Waals surface area contributed by atoms with E-state index in [4.69, 9.17) is 9.15 Å². The van der Waals surface area contributed by atoms with E-state index in [0.29, 0.717) is 45.0 Å². The number of nitrogens with zero attached hydrogens (tertiary/aromatic N) is 3. The molecule has 0 saturated carbocycles. The van der Waals surface area contributed by atoms with Crippen LogP contribution in [0.4, 0.5) is 4.39 Å². The van der Waals surface area contributed by atoms with Gasteiger partial charge in [-0.15, -0.1) is 0 Å². The highest BCUT2D eigenvalue weighted by Crippen LogP contribution is 2.13. The third kappa shape index (κ3) is 7.18. The van der Waals surface area contributed by atoms with E-state index >= 15 is 0 Å². The summed E-state index contributed by atoms with van der Waals surface area (Å²) < 4.78 is 24.1. The number of amides is 2. The Morgan fingerprint density at radius 3 is 2.42 bits per heavy atom. The van der Waals surface area contributed by atoms with Crippen LogP contribution >= 0.6 is 0 Å². The molecule has 0 N–H and O–H groups in total. The lowest BCUT2D eigenvalue weighted by molar-refractivity contribution is -0.141. The van der Waals surface area contributed by atoms with E-state index in [-0.39, 0.29) is 30.7 Å². The normalized spacial score (nSPS) is 14.4. The van der Waals surface area contributed by atoms with Crippen LogP contribution in [0.3, 0.4) is 0 Å². The Balaban J connectivity index is 1.67. The minimum atomic E-state index is -0.324. The van der Waals surface area contributed by atoms with Gasteiger partial charge in [0.05, 0.1) is 32.6 Å². The third-order valence-corrected chi connectivity index (χ3v) is 5.34. The van der Waals surface area contributed by atoms with Crippen molar-refractivity contribution in [2.75, 3.05) is 45.9 Å². The molecule has 0 radical (unpaired) electrons. The molecular weight excluding hydrogens is 401 g/mol. The molecule has 0 unspecified atom stereocenters. The zero-order valence-corrected chi connectivity index (χ0v) is 18.0. The van der Waals surface area contributed by atoms with Crippen LogP contribution in [-0.2, 0) is 27.4 Å². The Hall–Kier alpha value is -2.71. The fourth-order valence-electron chi connectivity index (χ4n) is 3.50. The van der Waals surface area contributed by atoms with Crippen molar-refractivity contribution in [1.82, 2.24) is 14.7 Å². The van der Waals surface area contributed by atoms with E-state index in [1.54, 1.807) is 47.3 Å². The average molecular weight is 432 g/mol. The van der Waals surface area contributed by atoms with Crippen LogP contribution < -0.4 is 0 Å². The molecular formula is C23H30FN3O4. The highest BCUT2D eigenvalue weighted by molar-refractivity contribution is 5.84. The number of carbonyl (C=O) groups excluding carboxylic acids is 2. The highest BCUT2D eigenvalue weighted by atomic mass is 19.1. The van der Waals surface area contributed by atoms with Gasteiger partial charge in [-0.05, 0) is 29.8 Å². The summed E-state index contributed by atoms with van der Waals surface area (Å²) in [5.41, 5.74) is 0.808. The molecule has 3 rings (SSSR count). The van der Waals surface area contributed by atoms with Gasteiger partial charge in [0.2, 0.25) is 11.8 Å². The maximum Gasteiger partial charge on any atom is 0.242 e. The molecule has 1 aliphatic heterocycles. The maximum atomic E-state index is 13.3. The predicted octanol–water partition coefficient (Wildman–Crippen LogP) is 2.52. The van der Waals surface area contributed by atoms with Crippen LogP contribution in [0.25, 0.3) is 0 Å². The number of hydrogen-bond donors (Lipinski definition) is 0. The molecule has 2 amide bonds. The monoisotopic (exact) mass is 431 g/mol. The van der Waals surface area contributed by atoms with E-state index in [0.717, 1.165) is 18.7 Å². The van der Waals surface area contributed by atoms with Gasteiger partial charge in [-0.1, -0.05) is 19.1 Å². The van der Waals surface area contributed by atoms with Crippen molar-refractivity contribution < 1.29 is 23.1 Å². The lowest BCUT2D eigenvalue weighted by Gasteiger charge is -2.31. The van der Waals surface area contributed by atoms with Gasteiger partial charge in [0.1, 0.15) is 11.6 Å². The molecule has 0 spiro atoms. The van der Waals surface area contributed by atoms with Gasteiger partial charge < -0.3 is 19.0 Å². The first-order valence-corrected chi connectivity index (χ1v) is 10.7. The quantitative estimate of drug-likeness (QED) is 0.578. The Morgan fingerprint density at radius 2 is 1.77 bits per heavy atom. The van der Waals surface area contributed by atoms with Gasteiger partial charge in [0.25, 0.3) is 0 Å². The SMILES string of the molecule is CCC(=O)N(CCN1CCOCC1)CC(=O)N(Cc1ccc(F)cc1)Cc1ccco1. The van der Waals surface area contributed by atoms with Crippen molar-refractivity contribution in [3.8, 4) is 0 Å². The highest BCUT2D eigenvalue weighted by Gasteiger charge is 2.22. The van der Waals surface area contributed by atoms with Crippen molar-refractivity contribution in [3.05, 3.63) is 59.8 Å². The summed E-state index contributed by atoms with van der Waals surface area (Å²) in [6.45, 7) is 6.62. The molecule has 0 bridgehead atoms. The molecule has 8 heteroatoms. The second-order valence-electron chi connectivity index (χ2n) is 7.58. The van der Waals surface area contributed by atoms with E-state index < -0.39 is 0 Å². The first kappa shape index (κ1) is 23.0. The predicted molar refractivity (Wildman–Crippen MR) is 113 cm³/mol. The molecule has 1 aliphatic rings. The van der Waals surface area contributed by atoms with Crippen molar-refractivity contribution in [2.45, 2.75) is 26.4 Å². The smallest absolute Gasteiger partial charge is 0.242 e. The summed E-state index contributed by atoms with van der Waals surface area (Å²) in [6, 6.07) is 9.64. The van der Waals surface area contributed by atoms with Crippen LogP contribution in [0.2, 0.25) is 0 Å². The zero-order valence-electron chi connectivity index (χ0n) is 18.0. The number of ether oxygens (including phenoxy) is 1. The summed E-state index contributed by atoms with van der Waals surface area (Å²) in [5.74, 6) is 0.0958. The van der Waals surface area contributed by atoms with Gasteiger partial charge >= 0.3 is 0 Å². The lowest BCUT2D eigenvalue weighted by Crippen LogP contribution is -2.46. The Morgan fingerprint density at radius 1 is 1.03 bits per heavy atom. The molecule has 2 heterocycles. The van der Waals surface area contributed by atoms with E-state index in [2.05, 4.69) is 4.90 Å². The van der Waals surface area contributed by atoms with Crippen molar-refractivity contribution in [1.29, 1.82) is 0 Å². The molecule has 2 aromatic rings. The summed E-state index contributed by atoms with van der Waals surface area (Å²) in [4.78, 5) is 31.2. The number of morpholine rings is 1. The number of hydrogen-bond acceptors (Lipinski definition) is 5. The molecule has 7 nitrogen and oxygen atoms in total. The van der Waals surface area contributed by atoms with E-state index in [9.17, 15) is 14.0 Å². The van der Waals surface area contributed by atoms with Crippen molar-refractivity contribution in [2.24, 2.45) is 0 Å². The number of benzene rings is 1. The largest absolute Gasteiger partial charge is 0.467 e. The zero-order chi connectivity index (χ0) is 22.1. The molecule has 1 aromatic carbocycles. The second-order valence-corrected chi connectivity index (χ2v) is 7.58. The number of rotatable bonds is 10. The van der Waals surface area contributed by atoms with Gasteiger partial charge in [0.15, 0.2) is 0 Å². The van der Waals surface area contributed by atoms with Crippen molar-refractivity contribution in [3.63, 3.8) is 0 Å². The molecule has 0 atom stereocenters. The number of carbonyl (C=O) groups is 2. The van der Waals surface area contributed by atoms with E-state index in [1.807, 2.05) is 0 Å². The molecule has 1 aromatic heterocycles. The molecule has 1 fully saturated rings. The first-order chi connectivity index (χ1) is 15.0. The van der Waals surface area contributed by atoms with Crippen LogP contribution in [0.1, 0.15) is 24.7 Å². The third-order valence-electron chi connectivity index (χ3n) is 5.34. The number of furan rings is 1. The fourth-order valence-corrected chi connectivity index (χ4v) is 3.50. The van der Waals surface area contributed by atoms with Crippen LogP contribution in [-0.4, -0.2) is 72.5 Å². The summed E-state index contributed by atoms with van der Waals surface area (Å²) in [5, 5.41) is 0. The average Bonchev–Trinajstić information content (AvgIpc) is 3.31. The van der Waals surface area contributed by atoms with Gasteiger partial charge in [-0.3, -0.25) is 14.5 Å². The first-order valence-electron chi connectivity index (χ1n) is 10.7. The molecule has 168 valence electrons. The van der Waals surface area contributed by atoms with E-state index in [1.165, 1.54) is 12.1 Å². The number of halogens is 1. The Bertz CT molecular complexity index is 820. The summed E-state index contributed by atoms with van der Waals surface area (Å²) >= 11 is 0. The van der Waals surface area contributed by atoms with Crippen molar-refractivity contribution >= 4 is 11.8 Å². The van der Waals surface area contributed by atoms with Crippen LogP contribution in [0, 0.1) is 5.82 Å². The van der Waals surface area contributed by atoms with Crippen LogP contribution in [0.15, 0.2) is 47.1 Å². The fraction of sp³-hybridized carbons (Fsp3) is 0.478.